The van der Waals surface area contributed by atoms with E-state index in [1.807, 2.05) is 21.9 Å². The third kappa shape index (κ3) is 8.04. The van der Waals surface area contributed by atoms with Gasteiger partial charge in [0.1, 0.15) is 5.75 Å². The van der Waals surface area contributed by atoms with Gasteiger partial charge in [-0.1, -0.05) is 48.9 Å². The quantitative estimate of drug-likeness (QED) is 0.353. The van der Waals surface area contributed by atoms with Crippen LogP contribution in [0.2, 0.25) is 0 Å². The Kier molecular flexibility index (Phi) is 11.8. The molecule has 10 rings (SSSR count). The van der Waals surface area contributed by atoms with Crippen molar-refractivity contribution in [1.29, 1.82) is 10.5 Å². The van der Waals surface area contributed by atoms with E-state index in [1.165, 1.54) is 74.6 Å². The highest BCUT2D eigenvalue weighted by Gasteiger charge is 2.46. The molecule has 53 heavy (non-hydrogen) atoms. The highest BCUT2D eigenvalue weighted by molar-refractivity contribution is 5.27. The highest BCUT2D eigenvalue weighted by atomic mass is 16.5. The standard InChI is InChI=1S/C15H21N.C14H20N2O.2C7H11N3/c1-11-3-5-13(6-4-11)10-16-14-7-8-15(16)12(2)9-14;1-17-12-5-2-10(3-6-12)9-16-11-4-7-14(16)13(15)8-11;2*8-4-10-5-1-2-7(10)6(9)3-5/h3-6,12,14-15H,7-10H2,1-2H3;2-3,5-6,11,13-14H,4,7-9,15H2,1H3;2*5-7H,1-3,9H2. The Balaban J connectivity index is 0.000000113. The highest BCUT2D eigenvalue weighted by Crippen LogP contribution is 2.42. The number of hydrogen-bond donors (Lipinski definition) is 3. The molecule has 10 heteroatoms. The Labute approximate surface area is 318 Å². The molecule has 2 aromatic rings. The summed E-state index contributed by atoms with van der Waals surface area (Å²) in [6, 6.07) is 23.1. The Morgan fingerprint density at radius 2 is 1.00 bits per heavy atom. The maximum Gasteiger partial charge on any atom is 0.179 e. The summed E-state index contributed by atoms with van der Waals surface area (Å²) in [5, 5.41) is 17.4. The maximum absolute atomic E-state index is 8.68. The topological polar surface area (TPSA) is 148 Å². The molecule has 2 aromatic carbocycles. The van der Waals surface area contributed by atoms with E-state index in [9.17, 15) is 0 Å². The van der Waals surface area contributed by atoms with Crippen LogP contribution in [0.15, 0.2) is 48.5 Å². The molecule has 286 valence electrons. The van der Waals surface area contributed by atoms with Crippen LogP contribution in [0.4, 0.5) is 0 Å². The summed E-state index contributed by atoms with van der Waals surface area (Å²) in [6.45, 7) is 6.78. The van der Waals surface area contributed by atoms with E-state index < -0.39 is 0 Å². The van der Waals surface area contributed by atoms with Crippen molar-refractivity contribution in [3.63, 3.8) is 0 Å². The number of nitrogens with two attached hydrogens (primary N) is 3. The van der Waals surface area contributed by atoms with Crippen molar-refractivity contribution in [3.05, 3.63) is 65.2 Å². The zero-order chi connectivity index (χ0) is 37.2. The molecule has 8 aliphatic rings. The van der Waals surface area contributed by atoms with Crippen molar-refractivity contribution >= 4 is 0 Å². The summed E-state index contributed by atoms with van der Waals surface area (Å²) >= 11 is 0. The molecule has 0 radical (unpaired) electrons. The van der Waals surface area contributed by atoms with E-state index in [1.54, 1.807) is 7.11 Å². The molecule has 8 fully saturated rings. The minimum absolute atomic E-state index is 0.262. The van der Waals surface area contributed by atoms with Crippen LogP contribution in [0, 0.1) is 35.8 Å². The lowest BCUT2D eigenvalue weighted by atomic mass is 9.91. The summed E-state index contributed by atoms with van der Waals surface area (Å²) in [6.07, 6.45) is 19.1. The summed E-state index contributed by atoms with van der Waals surface area (Å²) in [7, 11) is 1.70. The molecule has 0 spiro atoms. The van der Waals surface area contributed by atoms with E-state index in [0.717, 1.165) is 62.0 Å². The SMILES string of the molecule is COc1ccc(CN2C3CCC2C(N)C3)cc1.Cc1ccc(CN2C3CCC2C(C)C3)cc1.N#CN1C2CCC1C(N)C2.N#CN1C2CCC1C(N)C2. The van der Waals surface area contributed by atoms with Gasteiger partial charge in [0, 0.05) is 67.5 Å². The van der Waals surface area contributed by atoms with E-state index >= 15 is 0 Å². The molecule has 8 heterocycles. The minimum atomic E-state index is 0.262. The van der Waals surface area contributed by atoms with Crippen LogP contribution in [0.5, 0.6) is 5.75 Å². The molecule has 12 atom stereocenters. The van der Waals surface area contributed by atoms with Crippen molar-refractivity contribution < 1.29 is 4.74 Å². The first-order valence-electron chi connectivity index (χ1n) is 20.5. The van der Waals surface area contributed by atoms with Crippen molar-refractivity contribution in [1.82, 2.24) is 19.6 Å². The molecule has 8 bridgehead atoms. The fraction of sp³-hybridized carbons (Fsp3) is 0.674. The molecule has 0 amide bonds. The van der Waals surface area contributed by atoms with Gasteiger partial charge in [-0.2, -0.15) is 10.5 Å². The van der Waals surface area contributed by atoms with E-state index in [-0.39, 0.29) is 12.1 Å². The second kappa shape index (κ2) is 16.6. The van der Waals surface area contributed by atoms with Gasteiger partial charge in [-0.25, -0.2) is 0 Å². The predicted octanol–water partition coefficient (Wildman–Crippen LogP) is 5.19. The monoisotopic (exact) mass is 722 g/mol. The van der Waals surface area contributed by atoms with Gasteiger partial charge in [0.15, 0.2) is 12.4 Å². The average molecular weight is 722 g/mol. The molecule has 0 aliphatic carbocycles. The third-order valence-corrected chi connectivity index (χ3v) is 14.1. The van der Waals surface area contributed by atoms with E-state index in [2.05, 4.69) is 72.4 Å². The lowest BCUT2D eigenvalue weighted by Crippen LogP contribution is -2.36. The summed E-state index contributed by atoms with van der Waals surface area (Å²) in [5.74, 6) is 1.85. The average Bonchev–Trinajstić information content (AvgIpc) is 4.06. The first-order valence-corrected chi connectivity index (χ1v) is 20.5. The molecule has 12 unspecified atom stereocenters. The van der Waals surface area contributed by atoms with Crippen LogP contribution in [0.1, 0.15) is 101 Å². The van der Waals surface area contributed by atoms with Gasteiger partial charge in [-0.05, 0) is 113 Å². The van der Waals surface area contributed by atoms with Crippen LogP contribution in [0.3, 0.4) is 0 Å². The number of ether oxygens (including phenoxy) is 1. The zero-order valence-electron chi connectivity index (χ0n) is 32.3. The number of benzene rings is 2. The molecule has 6 N–H and O–H groups in total. The Morgan fingerprint density at radius 1 is 0.585 bits per heavy atom. The largest absolute Gasteiger partial charge is 0.497 e. The molecule has 8 saturated heterocycles. The fourth-order valence-corrected chi connectivity index (χ4v) is 11.3. The summed E-state index contributed by atoms with van der Waals surface area (Å²) in [4.78, 5) is 9.09. The Bertz CT molecular complexity index is 1550. The summed E-state index contributed by atoms with van der Waals surface area (Å²) < 4.78 is 5.18. The first kappa shape index (κ1) is 37.9. The van der Waals surface area contributed by atoms with Gasteiger partial charge < -0.3 is 31.7 Å². The fourth-order valence-electron chi connectivity index (χ4n) is 11.3. The van der Waals surface area contributed by atoms with Gasteiger partial charge in [-0.15, -0.1) is 0 Å². The van der Waals surface area contributed by atoms with Gasteiger partial charge in [0.25, 0.3) is 0 Å². The van der Waals surface area contributed by atoms with Crippen LogP contribution < -0.4 is 21.9 Å². The van der Waals surface area contributed by atoms with Crippen LogP contribution >= 0.6 is 0 Å². The normalized spacial score (nSPS) is 37.0. The minimum Gasteiger partial charge on any atom is -0.497 e. The molecular formula is C43H63N9O. The van der Waals surface area contributed by atoms with E-state index in [4.69, 9.17) is 32.5 Å². The van der Waals surface area contributed by atoms with Crippen molar-refractivity contribution in [2.75, 3.05) is 7.11 Å². The maximum atomic E-state index is 8.68. The number of methoxy groups -OCH3 is 1. The molecular weight excluding hydrogens is 659 g/mol. The van der Waals surface area contributed by atoms with Crippen LogP contribution in [-0.2, 0) is 13.1 Å². The lowest BCUT2D eigenvalue weighted by Gasteiger charge is -2.22. The third-order valence-electron chi connectivity index (χ3n) is 14.1. The van der Waals surface area contributed by atoms with Gasteiger partial charge in [0.05, 0.1) is 19.2 Å². The number of rotatable bonds is 5. The molecule has 8 aliphatic heterocycles. The molecule has 10 nitrogen and oxygen atoms in total. The van der Waals surface area contributed by atoms with Crippen LogP contribution in [0.25, 0.3) is 0 Å². The predicted molar refractivity (Wildman–Crippen MR) is 209 cm³/mol. The van der Waals surface area contributed by atoms with Crippen molar-refractivity contribution in [2.24, 2.45) is 23.1 Å². The zero-order valence-corrected chi connectivity index (χ0v) is 32.3. The first-order chi connectivity index (χ1) is 25.7. The number of aryl methyl sites for hydroxylation is 1. The number of nitriles is 2. The van der Waals surface area contributed by atoms with Gasteiger partial charge in [0.2, 0.25) is 0 Å². The summed E-state index contributed by atoms with van der Waals surface area (Å²) in [5.41, 5.74) is 21.9. The second-order valence-electron chi connectivity index (χ2n) is 17.3. The van der Waals surface area contributed by atoms with Crippen molar-refractivity contribution in [3.8, 4) is 18.1 Å². The lowest BCUT2D eigenvalue weighted by molar-refractivity contribution is 0.231. The number of nitrogens with zero attached hydrogens (tertiary/aromatic N) is 6. The van der Waals surface area contributed by atoms with Crippen molar-refractivity contribution in [2.45, 2.75) is 170 Å². The Hall–Kier alpha value is -3.38. The van der Waals surface area contributed by atoms with Crippen LogP contribution in [-0.4, -0.2) is 93.2 Å². The Morgan fingerprint density at radius 3 is 1.34 bits per heavy atom. The van der Waals surface area contributed by atoms with E-state index in [0.29, 0.717) is 36.3 Å². The van der Waals surface area contributed by atoms with Gasteiger partial charge >= 0.3 is 0 Å². The number of fused-ring (bicyclic) bond motifs is 8. The smallest absolute Gasteiger partial charge is 0.179 e. The molecule has 0 aromatic heterocycles. The van der Waals surface area contributed by atoms with Gasteiger partial charge in [-0.3, -0.25) is 9.80 Å². The molecule has 0 saturated carbocycles. The number of hydrogen-bond acceptors (Lipinski definition) is 10. The second-order valence-corrected chi connectivity index (χ2v) is 17.3.